The summed E-state index contributed by atoms with van der Waals surface area (Å²) >= 11 is 0. The molecule has 24 heavy (non-hydrogen) atoms. The molecule has 126 valence electrons. The Balaban J connectivity index is 2.29. The standard InChI is InChI=1S/C19H21NO4/c1-13-10-11-15(12-16(13)23-4)19(22)24-17(18(21)20(2)3)14-8-6-5-7-9-14/h5-12,17H,1-4H3/t17-/m0/s1. The molecule has 0 saturated heterocycles. The molecule has 0 aromatic heterocycles. The highest BCUT2D eigenvalue weighted by molar-refractivity contribution is 5.93. The monoisotopic (exact) mass is 327 g/mol. The molecule has 0 unspecified atom stereocenters. The maximum Gasteiger partial charge on any atom is 0.339 e. The molecule has 5 nitrogen and oxygen atoms in total. The van der Waals surface area contributed by atoms with Crippen LogP contribution in [0.15, 0.2) is 48.5 Å². The highest BCUT2D eigenvalue weighted by Gasteiger charge is 2.27. The maximum atomic E-state index is 12.5. The van der Waals surface area contributed by atoms with E-state index in [1.165, 1.54) is 4.90 Å². The molecule has 0 heterocycles. The van der Waals surface area contributed by atoms with Gasteiger partial charge in [0.2, 0.25) is 6.10 Å². The van der Waals surface area contributed by atoms with Gasteiger partial charge in [0.1, 0.15) is 5.75 Å². The van der Waals surface area contributed by atoms with Crippen LogP contribution in [0.2, 0.25) is 0 Å². The van der Waals surface area contributed by atoms with Crippen molar-refractivity contribution in [2.45, 2.75) is 13.0 Å². The third-order valence-corrected chi connectivity index (χ3v) is 3.64. The summed E-state index contributed by atoms with van der Waals surface area (Å²) in [5.41, 5.74) is 1.88. The van der Waals surface area contributed by atoms with Gasteiger partial charge < -0.3 is 14.4 Å². The quantitative estimate of drug-likeness (QED) is 0.792. The molecule has 0 N–H and O–H groups in total. The van der Waals surface area contributed by atoms with Crippen LogP contribution in [0.4, 0.5) is 0 Å². The lowest BCUT2D eigenvalue weighted by atomic mass is 10.1. The van der Waals surface area contributed by atoms with E-state index in [0.29, 0.717) is 16.9 Å². The maximum absolute atomic E-state index is 12.5. The number of carbonyl (C=O) groups excluding carboxylic acids is 2. The zero-order valence-corrected chi connectivity index (χ0v) is 14.3. The van der Waals surface area contributed by atoms with Crippen LogP contribution in [0.3, 0.4) is 0 Å². The highest BCUT2D eigenvalue weighted by Crippen LogP contribution is 2.24. The Hall–Kier alpha value is -2.82. The van der Waals surface area contributed by atoms with E-state index in [1.54, 1.807) is 63.7 Å². The molecule has 0 aliphatic rings. The number of esters is 1. The summed E-state index contributed by atoms with van der Waals surface area (Å²) in [6, 6.07) is 14.0. The minimum atomic E-state index is -0.985. The minimum absolute atomic E-state index is 0.298. The number of methoxy groups -OCH3 is 1. The molecular weight excluding hydrogens is 306 g/mol. The fraction of sp³-hybridized carbons (Fsp3) is 0.263. The van der Waals surface area contributed by atoms with Crippen LogP contribution in [-0.2, 0) is 9.53 Å². The molecule has 0 bridgehead atoms. The fourth-order valence-corrected chi connectivity index (χ4v) is 2.25. The van der Waals surface area contributed by atoms with E-state index in [1.807, 2.05) is 13.0 Å². The number of ether oxygens (including phenoxy) is 2. The Morgan fingerprint density at radius 2 is 1.71 bits per heavy atom. The number of hydrogen-bond acceptors (Lipinski definition) is 4. The van der Waals surface area contributed by atoms with Crippen LogP contribution in [-0.4, -0.2) is 38.0 Å². The van der Waals surface area contributed by atoms with Gasteiger partial charge in [0.25, 0.3) is 5.91 Å². The number of benzene rings is 2. The van der Waals surface area contributed by atoms with Gasteiger partial charge in [-0.25, -0.2) is 4.79 Å². The molecular formula is C19H21NO4. The first-order valence-corrected chi connectivity index (χ1v) is 7.55. The second-order valence-electron chi connectivity index (χ2n) is 5.61. The van der Waals surface area contributed by atoms with E-state index >= 15 is 0 Å². The Kier molecular flexibility index (Phi) is 5.58. The Morgan fingerprint density at radius 3 is 2.29 bits per heavy atom. The van der Waals surface area contributed by atoms with E-state index in [2.05, 4.69) is 0 Å². The third-order valence-electron chi connectivity index (χ3n) is 3.64. The molecule has 0 radical (unpaired) electrons. The highest BCUT2D eigenvalue weighted by atomic mass is 16.5. The van der Waals surface area contributed by atoms with Gasteiger partial charge in [-0.2, -0.15) is 0 Å². The minimum Gasteiger partial charge on any atom is -0.496 e. The summed E-state index contributed by atoms with van der Waals surface area (Å²) in [4.78, 5) is 26.3. The van der Waals surface area contributed by atoms with Crippen molar-refractivity contribution in [2.24, 2.45) is 0 Å². The number of aryl methyl sites for hydroxylation is 1. The van der Waals surface area contributed by atoms with Crippen molar-refractivity contribution in [3.63, 3.8) is 0 Å². The Labute approximate surface area is 141 Å². The summed E-state index contributed by atoms with van der Waals surface area (Å²) in [5, 5.41) is 0. The summed E-state index contributed by atoms with van der Waals surface area (Å²) in [7, 11) is 4.79. The lowest BCUT2D eigenvalue weighted by Crippen LogP contribution is -2.31. The molecule has 0 aliphatic carbocycles. The molecule has 2 aromatic carbocycles. The van der Waals surface area contributed by atoms with Crippen molar-refractivity contribution >= 4 is 11.9 Å². The SMILES string of the molecule is COc1cc(C(=O)O[C@H](C(=O)N(C)C)c2ccccc2)ccc1C. The zero-order valence-electron chi connectivity index (χ0n) is 14.3. The van der Waals surface area contributed by atoms with Crippen LogP contribution in [0.5, 0.6) is 5.75 Å². The van der Waals surface area contributed by atoms with Gasteiger partial charge in [-0.1, -0.05) is 36.4 Å². The molecule has 5 heteroatoms. The largest absolute Gasteiger partial charge is 0.496 e. The van der Waals surface area contributed by atoms with Gasteiger partial charge in [-0.15, -0.1) is 0 Å². The average Bonchev–Trinajstić information content (AvgIpc) is 2.59. The molecule has 0 aliphatic heterocycles. The first-order chi connectivity index (χ1) is 11.4. The second kappa shape index (κ2) is 7.64. The van der Waals surface area contributed by atoms with Gasteiger partial charge in [-0.3, -0.25) is 4.79 Å². The molecule has 0 spiro atoms. The van der Waals surface area contributed by atoms with Crippen LogP contribution >= 0.6 is 0 Å². The smallest absolute Gasteiger partial charge is 0.339 e. The van der Waals surface area contributed by atoms with Crippen molar-refractivity contribution in [3.8, 4) is 5.75 Å². The van der Waals surface area contributed by atoms with Crippen LogP contribution in [0, 0.1) is 6.92 Å². The number of carbonyl (C=O) groups is 2. The van der Waals surface area contributed by atoms with Crippen LogP contribution in [0.1, 0.15) is 27.6 Å². The number of hydrogen-bond donors (Lipinski definition) is 0. The van der Waals surface area contributed by atoms with Gasteiger partial charge >= 0.3 is 5.97 Å². The van der Waals surface area contributed by atoms with Gasteiger partial charge in [0.15, 0.2) is 0 Å². The predicted octanol–water partition coefficient (Wildman–Crippen LogP) is 2.99. The van der Waals surface area contributed by atoms with E-state index in [0.717, 1.165) is 5.56 Å². The normalized spacial score (nSPS) is 11.5. The number of nitrogens with zero attached hydrogens (tertiary/aromatic N) is 1. The van der Waals surface area contributed by atoms with Crippen LogP contribution in [0.25, 0.3) is 0 Å². The van der Waals surface area contributed by atoms with E-state index in [4.69, 9.17) is 9.47 Å². The number of amides is 1. The molecule has 1 atom stereocenters. The van der Waals surface area contributed by atoms with Gasteiger partial charge in [-0.05, 0) is 24.6 Å². The first-order valence-electron chi connectivity index (χ1n) is 7.55. The van der Waals surface area contributed by atoms with Crippen molar-refractivity contribution in [1.82, 2.24) is 4.90 Å². The number of rotatable bonds is 5. The predicted molar refractivity (Wildman–Crippen MR) is 91.0 cm³/mol. The summed E-state index contributed by atoms with van der Waals surface area (Å²) in [6.07, 6.45) is -0.985. The summed E-state index contributed by atoms with van der Waals surface area (Å²) in [6.45, 7) is 1.89. The van der Waals surface area contributed by atoms with E-state index in [-0.39, 0.29) is 5.91 Å². The van der Waals surface area contributed by atoms with Crippen molar-refractivity contribution in [1.29, 1.82) is 0 Å². The Bertz CT molecular complexity index is 725. The first kappa shape index (κ1) is 17.5. The average molecular weight is 327 g/mol. The topological polar surface area (TPSA) is 55.8 Å². The lowest BCUT2D eigenvalue weighted by Gasteiger charge is -2.21. The van der Waals surface area contributed by atoms with Gasteiger partial charge in [0.05, 0.1) is 12.7 Å². The third kappa shape index (κ3) is 3.93. The molecule has 0 fully saturated rings. The summed E-state index contributed by atoms with van der Waals surface area (Å²) < 4.78 is 10.7. The van der Waals surface area contributed by atoms with Crippen molar-refractivity contribution in [2.75, 3.05) is 21.2 Å². The summed E-state index contributed by atoms with van der Waals surface area (Å²) in [5.74, 6) is -0.273. The van der Waals surface area contributed by atoms with Gasteiger partial charge in [0, 0.05) is 19.7 Å². The van der Waals surface area contributed by atoms with Crippen LogP contribution < -0.4 is 4.74 Å². The molecule has 2 rings (SSSR count). The Morgan fingerprint density at radius 1 is 1.04 bits per heavy atom. The van der Waals surface area contributed by atoms with Crippen molar-refractivity contribution < 1.29 is 19.1 Å². The zero-order chi connectivity index (χ0) is 17.7. The molecule has 1 amide bonds. The van der Waals surface area contributed by atoms with E-state index < -0.39 is 12.1 Å². The fourth-order valence-electron chi connectivity index (χ4n) is 2.25. The molecule has 2 aromatic rings. The van der Waals surface area contributed by atoms with Crippen molar-refractivity contribution in [3.05, 3.63) is 65.2 Å². The van der Waals surface area contributed by atoms with E-state index in [9.17, 15) is 9.59 Å². The number of likely N-dealkylation sites (N-methyl/N-ethyl adjacent to an activating group) is 1. The second-order valence-corrected chi connectivity index (χ2v) is 5.61. The lowest BCUT2D eigenvalue weighted by molar-refractivity contribution is -0.138. The molecule has 0 saturated carbocycles.